The molecule has 1 aliphatic heterocycles. The van der Waals surface area contributed by atoms with Crippen LogP contribution in [0.4, 0.5) is 0 Å². The Labute approximate surface area is 52.9 Å². The van der Waals surface area contributed by atoms with Crippen molar-refractivity contribution in [2.24, 2.45) is 4.99 Å². The highest BCUT2D eigenvalue weighted by Crippen LogP contribution is 2.04. The molecule has 1 unspecified atom stereocenters. The molecule has 0 bridgehead atoms. The number of halogens is 1. The van der Waals surface area contributed by atoms with Crippen molar-refractivity contribution < 1.29 is 4.84 Å². The highest BCUT2D eigenvalue weighted by molar-refractivity contribution is 6.18. The van der Waals surface area contributed by atoms with Gasteiger partial charge in [0.05, 0.1) is 0 Å². The van der Waals surface area contributed by atoms with E-state index in [1.54, 1.807) is 6.34 Å². The molecule has 0 aromatic carbocycles. The summed E-state index contributed by atoms with van der Waals surface area (Å²) in [6, 6.07) is 0.341. The first-order valence-corrected chi connectivity index (χ1v) is 2.89. The van der Waals surface area contributed by atoms with Gasteiger partial charge >= 0.3 is 0 Å². The first-order valence-electron chi connectivity index (χ1n) is 2.35. The normalized spacial score (nSPS) is 27.2. The second-order valence-corrected chi connectivity index (χ2v) is 1.74. The van der Waals surface area contributed by atoms with Gasteiger partial charge in [0.1, 0.15) is 12.3 Å². The van der Waals surface area contributed by atoms with Gasteiger partial charge in [-0.3, -0.25) is 0 Å². The van der Waals surface area contributed by atoms with Crippen LogP contribution in [0.1, 0.15) is 6.92 Å². The number of nitrogens with zero attached hydrogens (tertiary/aromatic N) is 2. The van der Waals surface area contributed by atoms with Gasteiger partial charge in [0, 0.05) is 0 Å². The lowest BCUT2D eigenvalue weighted by molar-refractivity contribution is -0.0994. The minimum atomic E-state index is -0.0613. The number of hydrogen-bond donors (Lipinski definition) is 0. The Bertz CT molecular complexity index is 106. The minimum Gasteiger partial charge on any atom is -0.245 e. The van der Waals surface area contributed by atoms with Gasteiger partial charge in [0.2, 0.25) is 0 Å². The lowest BCUT2D eigenvalue weighted by Crippen LogP contribution is -2.17. The maximum atomic E-state index is 5.38. The molecule has 0 saturated heterocycles. The molecule has 0 N–H and O–H groups in total. The van der Waals surface area contributed by atoms with Gasteiger partial charge in [0.15, 0.2) is 6.23 Å². The summed E-state index contributed by atoms with van der Waals surface area (Å²) in [6.07, 6.45) is 1.52. The molecule has 0 amide bonds. The molecule has 46 valence electrons. The van der Waals surface area contributed by atoms with Crippen LogP contribution in [0.3, 0.4) is 0 Å². The number of aliphatic imine (C=N–C) groups is 1. The lowest BCUT2D eigenvalue weighted by atomic mass is 10.7. The highest BCUT2D eigenvalue weighted by atomic mass is 35.5. The van der Waals surface area contributed by atoms with Crippen LogP contribution in [-0.2, 0) is 4.84 Å². The Morgan fingerprint density at radius 2 is 2.75 bits per heavy atom. The van der Waals surface area contributed by atoms with Crippen LogP contribution in [0.2, 0.25) is 0 Å². The molecule has 8 heavy (non-hydrogen) atoms. The van der Waals surface area contributed by atoms with Gasteiger partial charge in [0.25, 0.3) is 0 Å². The molecule has 0 spiro atoms. The van der Waals surface area contributed by atoms with E-state index in [1.807, 2.05) is 6.92 Å². The molecule has 0 radical (unpaired) electrons. The summed E-state index contributed by atoms with van der Waals surface area (Å²) in [4.78, 5) is 8.87. The van der Waals surface area contributed by atoms with Crippen LogP contribution in [0.25, 0.3) is 0 Å². The van der Waals surface area contributed by atoms with Gasteiger partial charge in [-0.25, -0.2) is 14.9 Å². The summed E-state index contributed by atoms with van der Waals surface area (Å²) in [5.74, 6) is 0. The van der Waals surface area contributed by atoms with Gasteiger partial charge in [-0.1, -0.05) is 0 Å². The van der Waals surface area contributed by atoms with Gasteiger partial charge in [-0.2, -0.15) is 0 Å². The molecule has 0 saturated carbocycles. The predicted octanol–water partition coefficient (Wildman–Crippen LogP) is 0.804. The summed E-state index contributed by atoms with van der Waals surface area (Å²) < 4.78 is 0. The SMILES string of the molecule is CC1N=CN(CCl)O1. The van der Waals surface area contributed by atoms with E-state index < -0.39 is 0 Å². The molecule has 0 aromatic heterocycles. The Hall–Kier alpha value is -0.280. The van der Waals surface area contributed by atoms with Crippen molar-refractivity contribution in [3.63, 3.8) is 0 Å². The van der Waals surface area contributed by atoms with Gasteiger partial charge < -0.3 is 0 Å². The molecule has 1 aliphatic rings. The number of rotatable bonds is 1. The van der Waals surface area contributed by atoms with E-state index in [0.717, 1.165) is 0 Å². The number of hydroxylamine groups is 2. The Morgan fingerprint density at radius 3 is 3.00 bits per heavy atom. The quantitative estimate of drug-likeness (QED) is 0.392. The molecular formula is C4H7ClN2O. The molecule has 0 aromatic rings. The van der Waals surface area contributed by atoms with Crippen molar-refractivity contribution in [2.75, 3.05) is 6.00 Å². The number of hydrogen-bond acceptors (Lipinski definition) is 3. The van der Waals surface area contributed by atoms with Crippen LogP contribution in [0.15, 0.2) is 4.99 Å². The van der Waals surface area contributed by atoms with E-state index in [9.17, 15) is 0 Å². The summed E-state index contributed by atoms with van der Waals surface area (Å²) in [5, 5.41) is 1.48. The summed E-state index contributed by atoms with van der Waals surface area (Å²) in [6.45, 7) is 1.85. The third-order valence-corrected chi connectivity index (χ3v) is 1.05. The van der Waals surface area contributed by atoms with Crippen molar-refractivity contribution in [2.45, 2.75) is 13.2 Å². The zero-order valence-electron chi connectivity index (χ0n) is 4.54. The Balaban J connectivity index is 2.34. The molecule has 1 atom stereocenters. The molecule has 0 fully saturated rings. The standard InChI is InChI=1S/C4H7ClN2O/c1-4-6-3-7(2-5)8-4/h3-4H,2H2,1H3. The molecular weight excluding hydrogens is 128 g/mol. The van der Waals surface area contributed by atoms with Gasteiger partial charge in [-0.05, 0) is 6.92 Å². The van der Waals surface area contributed by atoms with Crippen LogP contribution < -0.4 is 0 Å². The van der Waals surface area contributed by atoms with Crippen molar-refractivity contribution in [3.05, 3.63) is 0 Å². The Kier molecular flexibility index (Phi) is 1.70. The van der Waals surface area contributed by atoms with Crippen LogP contribution in [-0.4, -0.2) is 23.6 Å². The van der Waals surface area contributed by atoms with Gasteiger partial charge in [-0.15, -0.1) is 11.6 Å². The minimum absolute atomic E-state index is 0.0613. The molecule has 3 nitrogen and oxygen atoms in total. The highest BCUT2D eigenvalue weighted by Gasteiger charge is 2.10. The summed E-state index contributed by atoms with van der Waals surface area (Å²) >= 11 is 5.38. The molecule has 4 heteroatoms. The zero-order chi connectivity index (χ0) is 5.98. The second kappa shape index (κ2) is 2.33. The fraction of sp³-hybridized carbons (Fsp3) is 0.750. The first kappa shape index (κ1) is 5.85. The van der Waals surface area contributed by atoms with Crippen molar-refractivity contribution in [3.8, 4) is 0 Å². The fourth-order valence-electron chi connectivity index (χ4n) is 0.478. The van der Waals surface area contributed by atoms with E-state index in [0.29, 0.717) is 6.00 Å². The average Bonchev–Trinajstić information content (AvgIpc) is 2.14. The lowest BCUT2D eigenvalue weighted by Gasteiger charge is -2.08. The number of alkyl halides is 1. The monoisotopic (exact) mass is 134 g/mol. The summed E-state index contributed by atoms with van der Waals surface area (Å²) in [5.41, 5.74) is 0. The maximum absolute atomic E-state index is 5.38. The predicted molar refractivity (Wildman–Crippen MR) is 31.6 cm³/mol. The van der Waals surface area contributed by atoms with Crippen LogP contribution >= 0.6 is 11.6 Å². The fourth-order valence-corrected chi connectivity index (χ4v) is 0.596. The van der Waals surface area contributed by atoms with E-state index in [-0.39, 0.29) is 6.23 Å². The van der Waals surface area contributed by atoms with E-state index in [2.05, 4.69) is 4.99 Å². The van der Waals surface area contributed by atoms with Crippen LogP contribution in [0, 0.1) is 0 Å². The maximum Gasteiger partial charge on any atom is 0.174 e. The molecule has 1 heterocycles. The van der Waals surface area contributed by atoms with Crippen LogP contribution in [0.5, 0.6) is 0 Å². The van der Waals surface area contributed by atoms with E-state index in [1.165, 1.54) is 5.06 Å². The largest absolute Gasteiger partial charge is 0.245 e. The average molecular weight is 135 g/mol. The smallest absolute Gasteiger partial charge is 0.174 e. The second-order valence-electron chi connectivity index (χ2n) is 1.51. The van der Waals surface area contributed by atoms with Crippen molar-refractivity contribution >= 4 is 17.9 Å². The molecule has 1 rings (SSSR count). The summed E-state index contributed by atoms with van der Waals surface area (Å²) in [7, 11) is 0. The topological polar surface area (TPSA) is 24.8 Å². The zero-order valence-corrected chi connectivity index (χ0v) is 5.30. The third-order valence-electron chi connectivity index (χ3n) is 0.811. The van der Waals surface area contributed by atoms with E-state index >= 15 is 0 Å². The van der Waals surface area contributed by atoms with E-state index in [4.69, 9.17) is 16.4 Å². The van der Waals surface area contributed by atoms with Crippen molar-refractivity contribution in [1.82, 2.24) is 5.06 Å². The third kappa shape index (κ3) is 1.11. The van der Waals surface area contributed by atoms with Crippen molar-refractivity contribution in [1.29, 1.82) is 0 Å². The Morgan fingerprint density at radius 1 is 2.00 bits per heavy atom. The molecule has 0 aliphatic carbocycles. The first-order chi connectivity index (χ1) is 3.83.